The summed E-state index contributed by atoms with van der Waals surface area (Å²) in [7, 11) is 0. The molecule has 1 amide bonds. The Morgan fingerprint density at radius 2 is 2.25 bits per heavy atom. The van der Waals surface area contributed by atoms with Crippen LogP contribution in [0.2, 0.25) is 0 Å². The summed E-state index contributed by atoms with van der Waals surface area (Å²) in [5, 5.41) is 2.54. The van der Waals surface area contributed by atoms with E-state index in [9.17, 15) is 9.18 Å². The molecular weight excluding hydrogens is 229 g/mol. The van der Waals surface area contributed by atoms with Crippen LogP contribution in [0.5, 0.6) is 0 Å². The minimum absolute atomic E-state index is 0.0840. The molecular formula is C10H12FN3OS. The highest BCUT2D eigenvalue weighted by Gasteiger charge is 2.25. The molecule has 1 aromatic heterocycles. The standard InChI is InChI=1S/C10H12FN3OS/c1-10(2,9(12)16)14-8(15)6-3-4-13-5-7(6)11/h3-5H,1-2H3,(H2,12,16)(H,14,15). The maximum absolute atomic E-state index is 13.2. The van der Waals surface area contributed by atoms with E-state index in [0.717, 1.165) is 6.20 Å². The highest BCUT2D eigenvalue weighted by molar-refractivity contribution is 7.80. The van der Waals surface area contributed by atoms with Crippen molar-refractivity contribution in [3.8, 4) is 0 Å². The molecule has 1 rings (SSSR count). The number of nitrogens with zero attached hydrogens (tertiary/aromatic N) is 1. The molecule has 6 heteroatoms. The molecule has 86 valence electrons. The number of carbonyl (C=O) groups excluding carboxylic acids is 1. The van der Waals surface area contributed by atoms with Gasteiger partial charge in [-0.25, -0.2) is 4.39 Å². The van der Waals surface area contributed by atoms with Gasteiger partial charge in [-0.05, 0) is 19.9 Å². The number of aromatic nitrogens is 1. The summed E-state index contributed by atoms with van der Waals surface area (Å²) in [6.07, 6.45) is 2.31. The van der Waals surface area contributed by atoms with Crippen molar-refractivity contribution in [3.05, 3.63) is 29.8 Å². The molecule has 0 aliphatic heterocycles. The normalized spacial score (nSPS) is 10.9. The SMILES string of the molecule is CC(C)(NC(=O)c1ccncc1F)C(N)=S. The van der Waals surface area contributed by atoms with Gasteiger partial charge in [0.2, 0.25) is 0 Å². The quantitative estimate of drug-likeness (QED) is 0.775. The van der Waals surface area contributed by atoms with E-state index in [1.807, 2.05) is 0 Å². The van der Waals surface area contributed by atoms with E-state index >= 15 is 0 Å². The number of nitrogens with one attached hydrogen (secondary N) is 1. The molecule has 0 aliphatic carbocycles. The number of nitrogens with two attached hydrogens (primary N) is 1. The predicted octanol–water partition coefficient (Wildman–Crippen LogP) is 1.02. The van der Waals surface area contributed by atoms with Gasteiger partial charge < -0.3 is 11.1 Å². The van der Waals surface area contributed by atoms with Crippen LogP contribution < -0.4 is 11.1 Å². The fourth-order valence-corrected chi connectivity index (χ4v) is 1.02. The number of rotatable bonds is 3. The summed E-state index contributed by atoms with van der Waals surface area (Å²) < 4.78 is 13.2. The Bertz CT molecular complexity index is 434. The van der Waals surface area contributed by atoms with Crippen LogP contribution in [0, 0.1) is 5.82 Å². The van der Waals surface area contributed by atoms with Crippen LogP contribution in [0.3, 0.4) is 0 Å². The lowest BCUT2D eigenvalue weighted by atomic mass is 10.1. The predicted molar refractivity (Wildman–Crippen MR) is 62.5 cm³/mol. The number of halogens is 1. The lowest BCUT2D eigenvalue weighted by Crippen LogP contribution is -2.52. The molecule has 1 heterocycles. The third kappa shape index (κ3) is 2.73. The van der Waals surface area contributed by atoms with E-state index in [-0.39, 0.29) is 10.6 Å². The van der Waals surface area contributed by atoms with Crippen LogP contribution in [-0.4, -0.2) is 21.4 Å². The maximum Gasteiger partial charge on any atom is 0.255 e. The second-order valence-electron chi connectivity index (χ2n) is 3.80. The Kier molecular flexibility index (Phi) is 3.54. The van der Waals surface area contributed by atoms with Gasteiger partial charge in [-0.15, -0.1) is 0 Å². The van der Waals surface area contributed by atoms with Gasteiger partial charge in [0.05, 0.1) is 22.3 Å². The largest absolute Gasteiger partial charge is 0.391 e. The van der Waals surface area contributed by atoms with Crippen molar-refractivity contribution in [1.82, 2.24) is 10.3 Å². The molecule has 0 spiro atoms. The van der Waals surface area contributed by atoms with Gasteiger partial charge >= 0.3 is 0 Å². The van der Waals surface area contributed by atoms with Crippen LogP contribution in [0.15, 0.2) is 18.5 Å². The smallest absolute Gasteiger partial charge is 0.255 e. The molecule has 0 saturated heterocycles. The summed E-state index contributed by atoms with van der Waals surface area (Å²) in [5.41, 5.74) is 4.50. The van der Waals surface area contributed by atoms with Crippen molar-refractivity contribution < 1.29 is 9.18 Å². The van der Waals surface area contributed by atoms with Crippen molar-refractivity contribution in [2.75, 3.05) is 0 Å². The zero-order valence-corrected chi connectivity index (χ0v) is 9.77. The Labute approximate surface area is 98.1 Å². The third-order valence-corrected chi connectivity index (χ3v) is 2.57. The summed E-state index contributed by atoms with van der Waals surface area (Å²) in [4.78, 5) is 15.4. The first-order chi connectivity index (χ1) is 7.34. The first-order valence-electron chi connectivity index (χ1n) is 4.56. The lowest BCUT2D eigenvalue weighted by Gasteiger charge is -2.24. The van der Waals surface area contributed by atoms with E-state index < -0.39 is 17.3 Å². The number of pyridine rings is 1. The molecule has 0 aromatic carbocycles. The Morgan fingerprint density at radius 3 is 2.75 bits per heavy atom. The molecule has 0 saturated carbocycles. The molecule has 0 atom stereocenters. The highest BCUT2D eigenvalue weighted by atomic mass is 32.1. The summed E-state index contributed by atoms with van der Waals surface area (Å²) in [6, 6.07) is 1.29. The lowest BCUT2D eigenvalue weighted by molar-refractivity contribution is 0.0928. The number of amides is 1. The monoisotopic (exact) mass is 241 g/mol. The average Bonchev–Trinajstić information content (AvgIpc) is 2.17. The topological polar surface area (TPSA) is 68.0 Å². The van der Waals surface area contributed by atoms with Crippen molar-refractivity contribution >= 4 is 23.1 Å². The number of hydrogen-bond acceptors (Lipinski definition) is 3. The molecule has 0 aliphatic rings. The second-order valence-corrected chi connectivity index (χ2v) is 4.24. The van der Waals surface area contributed by atoms with Gasteiger partial charge in [0.1, 0.15) is 0 Å². The number of hydrogen-bond donors (Lipinski definition) is 2. The maximum atomic E-state index is 13.2. The molecule has 0 unspecified atom stereocenters. The van der Waals surface area contributed by atoms with E-state index in [1.165, 1.54) is 12.3 Å². The van der Waals surface area contributed by atoms with Crippen molar-refractivity contribution in [2.24, 2.45) is 5.73 Å². The molecule has 1 aromatic rings. The summed E-state index contributed by atoms with van der Waals surface area (Å²) in [6.45, 7) is 3.29. The average molecular weight is 241 g/mol. The number of thiocarbonyl (C=S) groups is 1. The molecule has 4 nitrogen and oxygen atoms in total. The molecule has 16 heavy (non-hydrogen) atoms. The van der Waals surface area contributed by atoms with Gasteiger partial charge in [0.25, 0.3) is 5.91 Å². The molecule has 0 fully saturated rings. The minimum Gasteiger partial charge on any atom is -0.391 e. The van der Waals surface area contributed by atoms with Gasteiger partial charge in [-0.3, -0.25) is 9.78 Å². The van der Waals surface area contributed by atoms with Gasteiger partial charge in [-0.1, -0.05) is 12.2 Å². The first-order valence-corrected chi connectivity index (χ1v) is 4.97. The van der Waals surface area contributed by atoms with Crippen LogP contribution in [-0.2, 0) is 0 Å². The van der Waals surface area contributed by atoms with Crippen LogP contribution >= 0.6 is 12.2 Å². The highest BCUT2D eigenvalue weighted by Crippen LogP contribution is 2.08. The third-order valence-electron chi connectivity index (χ3n) is 2.06. The fraction of sp³-hybridized carbons (Fsp3) is 0.300. The molecule has 0 radical (unpaired) electrons. The Balaban J connectivity index is 2.89. The molecule has 3 N–H and O–H groups in total. The van der Waals surface area contributed by atoms with Gasteiger partial charge in [0.15, 0.2) is 5.82 Å². The first kappa shape index (κ1) is 12.5. The van der Waals surface area contributed by atoms with Gasteiger partial charge in [0, 0.05) is 6.20 Å². The second kappa shape index (κ2) is 4.52. The molecule has 0 bridgehead atoms. The van der Waals surface area contributed by atoms with Crippen LogP contribution in [0.1, 0.15) is 24.2 Å². The Morgan fingerprint density at radius 1 is 1.62 bits per heavy atom. The van der Waals surface area contributed by atoms with Crippen molar-refractivity contribution in [1.29, 1.82) is 0 Å². The van der Waals surface area contributed by atoms with E-state index in [0.29, 0.717) is 0 Å². The van der Waals surface area contributed by atoms with E-state index in [1.54, 1.807) is 13.8 Å². The summed E-state index contributed by atoms with van der Waals surface area (Å²) in [5.74, 6) is -1.25. The van der Waals surface area contributed by atoms with Crippen molar-refractivity contribution in [3.63, 3.8) is 0 Å². The summed E-state index contributed by atoms with van der Waals surface area (Å²) >= 11 is 4.79. The minimum atomic E-state index is -0.859. The van der Waals surface area contributed by atoms with Crippen LogP contribution in [0.25, 0.3) is 0 Å². The van der Waals surface area contributed by atoms with Gasteiger partial charge in [-0.2, -0.15) is 0 Å². The van der Waals surface area contributed by atoms with Crippen LogP contribution in [0.4, 0.5) is 4.39 Å². The fourth-order valence-electron chi connectivity index (χ4n) is 0.972. The van der Waals surface area contributed by atoms with E-state index in [2.05, 4.69) is 10.3 Å². The van der Waals surface area contributed by atoms with Crippen molar-refractivity contribution in [2.45, 2.75) is 19.4 Å². The number of carbonyl (C=O) groups is 1. The zero-order chi connectivity index (χ0) is 12.3. The Hall–Kier alpha value is -1.56. The zero-order valence-electron chi connectivity index (χ0n) is 8.95. The van der Waals surface area contributed by atoms with E-state index in [4.69, 9.17) is 18.0 Å².